The van der Waals surface area contributed by atoms with Gasteiger partial charge in [0.1, 0.15) is 6.10 Å². The summed E-state index contributed by atoms with van der Waals surface area (Å²) in [6.45, 7) is 4.48. The Morgan fingerprint density at radius 3 is 1.51 bits per heavy atom. The van der Waals surface area contributed by atoms with Crippen molar-refractivity contribution in [3.63, 3.8) is 0 Å². The Kier molecular flexibility index (Phi) is 28.2. The zero-order chi connectivity index (χ0) is 27.2. The lowest BCUT2D eigenvalue weighted by atomic mass is 10.0. The Morgan fingerprint density at radius 2 is 0.973 bits per heavy atom. The summed E-state index contributed by atoms with van der Waals surface area (Å²) in [7, 11) is 0. The molecule has 218 valence electrons. The molecule has 0 aliphatic rings. The van der Waals surface area contributed by atoms with Gasteiger partial charge in [0.15, 0.2) is 0 Å². The first-order valence-electron chi connectivity index (χ1n) is 16.2. The van der Waals surface area contributed by atoms with Crippen LogP contribution in [0.5, 0.6) is 0 Å². The summed E-state index contributed by atoms with van der Waals surface area (Å²) in [4.78, 5) is 23.0. The molecule has 0 radical (unpaired) electrons. The number of ether oxygens (including phenoxy) is 1. The standard InChI is InChI=1S/C33H62O4/c1-3-5-7-8-9-10-11-12-13-14-15-16-17-22-26-30-33(36)37-31(27-23-6-4-2)28-24-20-18-19-21-25-29-32(34)35/h12-13,31H,3-11,14-30H2,1-2H3,(H,34,35)/b13-12-. The number of unbranched alkanes of at least 4 members (excludes halogenated alkanes) is 18. The molecule has 1 N–H and O–H groups in total. The van der Waals surface area contributed by atoms with Gasteiger partial charge in [0.2, 0.25) is 0 Å². The number of hydrogen-bond donors (Lipinski definition) is 1. The third-order valence-electron chi connectivity index (χ3n) is 7.24. The fourth-order valence-corrected chi connectivity index (χ4v) is 4.82. The fraction of sp³-hybridized carbons (Fsp3) is 0.879. The maximum atomic E-state index is 12.4. The van der Waals surface area contributed by atoms with E-state index in [9.17, 15) is 9.59 Å². The lowest BCUT2D eigenvalue weighted by Crippen LogP contribution is -2.18. The molecule has 0 aromatic rings. The average molecular weight is 523 g/mol. The number of carbonyl (C=O) groups excluding carboxylic acids is 1. The Hall–Kier alpha value is -1.32. The van der Waals surface area contributed by atoms with E-state index in [-0.39, 0.29) is 18.5 Å². The van der Waals surface area contributed by atoms with Gasteiger partial charge in [0.25, 0.3) is 0 Å². The molecule has 0 aliphatic heterocycles. The van der Waals surface area contributed by atoms with Gasteiger partial charge in [-0.2, -0.15) is 0 Å². The molecule has 0 saturated carbocycles. The third-order valence-corrected chi connectivity index (χ3v) is 7.24. The first kappa shape index (κ1) is 35.7. The molecular formula is C33H62O4. The lowest BCUT2D eigenvalue weighted by Gasteiger charge is -2.18. The van der Waals surface area contributed by atoms with Crippen LogP contribution < -0.4 is 0 Å². The summed E-state index contributed by atoms with van der Waals surface area (Å²) < 4.78 is 5.87. The minimum Gasteiger partial charge on any atom is -0.481 e. The van der Waals surface area contributed by atoms with Gasteiger partial charge in [-0.25, -0.2) is 0 Å². The molecule has 0 rings (SSSR count). The van der Waals surface area contributed by atoms with Gasteiger partial charge in [0, 0.05) is 12.8 Å². The number of carbonyl (C=O) groups is 2. The molecule has 0 amide bonds. The molecule has 0 aromatic carbocycles. The molecule has 0 aromatic heterocycles. The molecule has 1 unspecified atom stereocenters. The number of carboxylic acid groups (broad SMARTS) is 1. The highest BCUT2D eigenvalue weighted by atomic mass is 16.5. The van der Waals surface area contributed by atoms with Crippen molar-refractivity contribution >= 4 is 11.9 Å². The van der Waals surface area contributed by atoms with Crippen molar-refractivity contribution in [2.45, 2.75) is 187 Å². The van der Waals surface area contributed by atoms with E-state index in [0.29, 0.717) is 6.42 Å². The Morgan fingerprint density at radius 1 is 0.568 bits per heavy atom. The van der Waals surface area contributed by atoms with Crippen LogP contribution in [0.15, 0.2) is 12.2 Å². The molecule has 1 atom stereocenters. The summed E-state index contributed by atoms with van der Waals surface area (Å²) >= 11 is 0. The first-order chi connectivity index (χ1) is 18.1. The van der Waals surface area contributed by atoms with E-state index in [2.05, 4.69) is 26.0 Å². The topological polar surface area (TPSA) is 63.6 Å². The van der Waals surface area contributed by atoms with Crippen molar-refractivity contribution in [3.8, 4) is 0 Å². The van der Waals surface area contributed by atoms with Crippen molar-refractivity contribution in [3.05, 3.63) is 12.2 Å². The van der Waals surface area contributed by atoms with Crippen LogP contribution in [0.1, 0.15) is 181 Å². The normalized spacial score (nSPS) is 12.3. The number of allylic oxidation sites excluding steroid dienone is 2. The number of rotatable bonds is 29. The van der Waals surface area contributed by atoms with Crippen LogP contribution in [-0.2, 0) is 14.3 Å². The predicted molar refractivity (Wildman–Crippen MR) is 158 cm³/mol. The van der Waals surface area contributed by atoms with Crippen molar-refractivity contribution in [1.29, 1.82) is 0 Å². The smallest absolute Gasteiger partial charge is 0.306 e. The molecule has 0 spiro atoms. The fourth-order valence-electron chi connectivity index (χ4n) is 4.82. The second kappa shape index (κ2) is 29.2. The van der Waals surface area contributed by atoms with Crippen molar-refractivity contribution in [1.82, 2.24) is 0 Å². The van der Waals surface area contributed by atoms with Crippen LogP contribution >= 0.6 is 0 Å². The van der Waals surface area contributed by atoms with E-state index >= 15 is 0 Å². The second-order valence-electron chi connectivity index (χ2n) is 11.0. The van der Waals surface area contributed by atoms with Gasteiger partial charge in [-0.3, -0.25) is 9.59 Å². The largest absolute Gasteiger partial charge is 0.481 e. The van der Waals surface area contributed by atoms with Crippen molar-refractivity contribution in [2.75, 3.05) is 0 Å². The monoisotopic (exact) mass is 522 g/mol. The maximum Gasteiger partial charge on any atom is 0.306 e. The average Bonchev–Trinajstić information content (AvgIpc) is 2.87. The highest BCUT2D eigenvalue weighted by Crippen LogP contribution is 2.18. The number of hydrogen-bond acceptors (Lipinski definition) is 3. The van der Waals surface area contributed by atoms with Gasteiger partial charge in [-0.15, -0.1) is 0 Å². The van der Waals surface area contributed by atoms with E-state index in [0.717, 1.165) is 70.6 Å². The van der Waals surface area contributed by atoms with Gasteiger partial charge in [-0.05, 0) is 64.2 Å². The zero-order valence-corrected chi connectivity index (χ0v) is 24.8. The molecule has 4 nitrogen and oxygen atoms in total. The van der Waals surface area contributed by atoms with Gasteiger partial charge < -0.3 is 9.84 Å². The van der Waals surface area contributed by atoms with E-state index in [4.69, 9.17) is 9.84 Å². The van der Waals surface area contributed by atoms with Crippen molar-refractivity contribution in [2.24, 2.45) is 0 Å². The van der Waals surface area contributed by atoms with Crippen LogP contribution in [-0.4, -0.2) is 23.1 Å². The van der Waals surface area contributed by atoms with Gasteiger partial charge >= 0.3 is 11.9 Å². The predicted octanol–water partition coefficient (Wildman–Crippen LogP) is 10.7. The van der Waals surface area contributed by atoms with E-state index < -0.39 is 5.97 Å². The minimum atomic E-state index is -0.696. The molecule has 0 saturated heterocycles. The van der Waals surface area contributed by atoms with Crippen LogP contribution in [0.4, 0.5) is 0 Å². The first-order valence-corrected chi connectivity index (χ1v) is 16.2. The molecule has 0 aliphatic carbocycles. The van der Waals surface area contributed by atoms with E-state index in [1.54, 1.807) is 0 Å². The quantitative estimate of drug-likeness (QED) is 0.0602. The van der Waals surface area contributed by atoms with Gasteiger partial charge in [0.05, 0.1) is 0 Å². The van der Waals surface area contributed by atoms with Crippen molar-refractivity contribution < 1.29 is 19.4 Å². The SMILES string of the molecule is CCCCCCCC/C=C\CCCCCCCC(=O)OC(CCCCC)CCCCCCCCC(=O)O. The van der Waals surface area contributed by atoms with E-state index in [1.807, 2.05) is 0 Å². The number of carboxylic acids is 1. The Balaban J connectivity index is 3.76. The maximum absolute atomic E-state index is 12.4. The van der Waals surface area contributed by atoms with Gasteiger partial charge in [-0.1, -0.05) is 116 Å². The molecule has 0 bridgehead atoms. The molecule has 4 heteroatoms. The molecule has 0 heterocycles. The van der Waals surface area contributed by atoms with E-state index in [1.165, 1.54) is 83.5 Å². The molecule has 37 heavy (non-hydrogen) atoms. The summed E-state index contributed by atoms with van der Waals surface area (Å²) in [6, 6.07) is 0. The highest BCUT2D eigenvalue weighted by Gasteiger charge is 2.14. The van der Waals surface area contributed by atoms with Crippen LogP contribution in [0.2, 0.25) is 0 Å². The minimum absolute atomic E-state index is 0.00667. The van der Waals surface area contributed by atoms with Crippen LogP contribution in [0.25, 0.3) is 0 Å². The highest BCUT2D eigenvalue weighted by molar-refractivity contribution is 5.69. The zero-order valence-electron chi connectivity index (χ0n) is 24.8. The summed E-state index contributed by atoms with van der Waals surface area (Å²) in [5.74, 6) is -0.702. The third kappa shape index (κ3) is 29.1. The number of esters is 1. The van der Waals surface area contributed by atoms with Crippen LogP contribution in [0, 0.1) is 0 Å². The Bertz CT molecular complexity index is 528. The summed E-state index contributed by atoms with van der Waals surface area (Å²) in [6.07, 6.45) is 33.9. The van der Waals surface area contributed by atoms with Crippen LogP contribution in [0.3, 0.4) is 0 Å². The Labute approximate surface area is 230 Å². The summed E-state index contributed by atoms with van der Waals surface area (Å²) in [5, 5.41) is 8.70. The lowest BCUT2D eigenvalue weighted by molar-refractivity contribution is -0.150. The molecule has 0 fully saturated rings. The number of aliphatic carboxylic acids is 1. The molecular weight excluding hydrogens is 460 g/mol. The summed E-state index contributed by atoms with van der Waals surface area (Å²) in [5.41, 5.74) is 0. The second-order valence-corrected chi connectivity index (χ2v) is 11.0.